The lowest BCUT2D eigenvalue weighted by Gasteiger charge is -2.43. The third kappa shape index (κ3) is 2.90. The first kappa shape index (κ1) is 17.4. The first-order valence-electron chi connectivity index (χ1n) is 8.38. The Morgan fingerprint density at radius 1 is 1.15 bits per heavy atom. The van der Waals surface area contributed by atoms with E-state index in [2.05, 4.69) is 10.5 Å². The van der Waals surface area contributed by atoms with Crippen LogP contribution in [0.2, 0.25) is 0 Å². The maximum atomic E-state index is 12.8. The number of anilines is 1. The van der Waals surface area contributed by atoms with Crippen molar-refractivity contribution in [2.45, 2.75) is 18.8 Å². The molecule has 2 aromatic rings. The average molecular weight is 375 g/mol. The minimum Gasteiger partial charge on any atom is -0.399 e. The minimum atomic E-state index is -4.40. The number of benzene rings is 2. The van der Waals surface area contributed by atoms with E-state index in [9.17, 15) is 18.0 Å². The molecular formula is C19H16F3N3O2. The standard InChI is InChI=1S/C19H16F3N3O2/c1-27-24-15-9-10-25-16-13(15)3-2-4-14(16)18(26)23-17(25)11-5-7-12(8-6-11)19(20,21)22/h2-8,17H,9-10H2,1H3,(H,23,26). The van der Waals surface area contributed by atoms with E-state index in [4.69, 9.17) is 4.84 Å². The van der Waals surface area contributed by atoms with Gasteiger partial charge in [0.15, 0.2) is 0 Å². The van der Waals surface area contributed by atoms with Crippen molar-refractivity contribution in [1.82, 2.24) is 5.32 Å². The molecule has 8 heteroatoms. The Morgan fingerprint density at radius 2 is 1.85 bits per heavy atom. The van der Waals surface area contributed by atoms with Crippen molar-refractivity contribution < 1.29 is 22.8 Å². The van der Waals surface area contributed by atoms with E-state index in [1.165, 1.54) is 19.2 Å². The van der Waals surface area contributed by atoms with Crippen molar-refractivity contribution in [2.75, 3.05) is 18.6 Å². The third-order valence-electron chi connectivity index (χ3n) is 4.80. The largest absolute Gasteiger partial charge is 0.416 e. The van der Waals surface area contributed by atoms with Crippen LogP contribution in [-0.4, -0.2) is 25.3 Å². The van der Waals surface area contributed by atoms with Crippen LogP contribution in [0.1, 0.15) is 39.6 Å². The first-order chi connectivity index (χ1) is 12.9. The fourth-order valence-electron chi connectivity index (χ4n) is 3.60. The minimum absolute atomic E-state index is 0.272. The van der Waals surface area contributed by atoms with Gasteiger partial charge in [-0.3, -0.25) is 4.79 Å². The molecular weight excluding hydrogens is 359 g/mol. The molecule has 2 aromatic carbocycles. The highest BCUT2D eigenvalue weighted by atomic mass is 19.4. The van der Waals surface area contributed by atoms with Gasteiger partial charge in [-0.15, -0.1) is 0 Å². The summed E-state index contributed by atoms with van der Waals surface area (Å²) in [6, 6.07) is 10.2. The number of nitrogens with one attached hydrogen (secondary N) is 1. The normalized spacial score (nSPS) is 20.3. The zero-order chi connectivity index (χ0) is 19.2. The number of carbonyl (C=O) groups excluding carboxylic acids is 1. The molecule has 4 rings (SSSR count). The van der Waals surface area contributed by atoms with Crippen LogP contribution in [0.3, 0.4) is 0 Å². The van der Waals surface area contributed by atoms with Gasteiger partial charge in [-0.2, -0.15) is 13.2 Å². The highest BCUT2D eigenvalue weighted by molar-refractivity contribution is 6.13. The van der Waals surface area contributed by atoms with Crippen molar-refractivity contribution in [3.05, 3.63) is 64.7 Å². The molecule has 1 atom stereocenters. The molecule has 0 radical (unpaired) electrons. The third-order valence-corrected chi connectivity index (χ3v) is 4.80. The molecule has 1 unspecified atom stereocenters. The predicted octanol–water partition coefficient (Wildman–Crippen LogP) is 3.71. The maximum Gasteiger partial charge on any atom is 0.416 e. The Hall–Kier alpha value is -3.03. The zero-order valence-corrected chi connectivity index (χ0v) is 14.4. The van der Waals surface area contributed by atoms with Crippen LogP contribution < -0.4 is 10.2 Å². The summed E-state index contributed by atoms with van der Waals surface area (Å²) < 4.78 is 38.5. The molecule has 1 N–H and O–H groups in total. The number of hydrogen-bond acceptors (Lipinski definition) is 4. The van der Waals surface area contributed by atoms with Crippen LogP contribution in [0, 0.1) is 0 Å². The quantitative estimate of drug-likeness (QED) is 0.815. The summed E-state index contributed by atoms with van der Waals surface area (Å²) in [5.41, 5.74) is 2.65. The van der Waals surface area contributed by atoms with Crippen LogP contribution in [0.25, 0.3) is 0 Å². The molecule has 5 nitrogen and oxygen atoms in total. The van der Waals surface area contributed by atoms with Crippen LogP contribution in [0.4, 0.5) is 18.9 Å². The Labute approximate surface area is 153 Å². The summed E-state index contributed by atoms with van der Waals surface area (Å²) in [6.45, 7) is 0.554. The summed E-state index contributed by atoms with van der Waals surface area (Å²) in [4.78, 5) is 19.5. The number of alkyl halides is 3. The highest BCUT2D eigenvalue weighted by Crippen LogP contribution is 2.40. The molecule has 1 amide bonds. The predicted molar refractivity (Wildman–Crippen MR) is 93.6 cm³/mol. The van der Waals surface area contributed by atoms with Gasteiger partial charge in [0.05, 0.1) is 22.5 Å². The lowest BCUT2D eigenvalue weighted by atomic mass is 9.92. The molecule has 2 heterocycles. The molecule has 0 aliphatic carbocycles. The van der Waals surface area contributed by atoms with Crippen molar-refractivity contribution in [3.8, 4) is 0 Å². The van der Waals surface area contributed by atoms with Crippen LogP contribution in [-0.2, 0) is 11.0 Å². The molecule has 2 aliphatic heterocycles. The van der Waals surface area contributed by atoms with E-state index < -0.39 is 17.9 Å². The smallest absolute Gasteiger partial charge is 0.399 e. The summed E-state index contributed by atoms with van der Waals surface area (Å²) in [7, 11) is 1.46. The van der Waals surface area contributed by atoms with Gasteiger partial charge in [0.2, 0.25) is 0 Å². The molecule has 0 spiro atoms. The van der Waals surface area contributed by atoms with Crippen LogP contribution in [0.15, 0.2) is 47.6 Å². The van der Waals surface area contributed by atoms with Gasteiger partial charge < -0.3 is 15.1 Å². The number of oxime groups is 1. The zero-order valence-electron chi connectivity index (χ0n) is 14.4. The second kappa shape index (κ2) is 6.29. The summed E-state index contributed by atoms with van der Waals surface area (Å²) in [6.07, 6.45) is -4.35. The summed E-state index contributed by atoms with van der Waals surface area (Å²) in [5.74, 6) is -0.272. The number of carbonyl (C=O) groups is 1. The number of hydrogen-bond donors (Lipinski definition) is 1. The van der Waals surface area contributed by atoms with Gasteiger partial charge in [-0.25, -0.2) is 0 Å². The molecule has 27 heavy (non-hydrogen) atoms. The molecule has 2 aliphatic rings. The Balaban J connectivity index is 1.78. The monoisotopic (exact) mass is 375 g/mol. The fourth-order valence-corrected chi connectivity index (χ4v) is 3.60. The summed E-state index contributed by atoms with van der Waals surface area (Å²) >= 11 is 0. The Bertz CT molecular complexity index is 923. The Morgan fingerprint density at radius 3 is 2.52 bits per heavy atom. The fraction of sp³-hybridized carbons (Fsp3) is 0.263. The first-order valence-corrected chi connectivity index (χ1v) is 8.38. The topological polar surface area (TPSA) is 53.9 Å². The van der Waals surface area contributed by atoms with E-state index in [1.54, 1.807) is 12.1 Å². The van der Waals surface area contributed by atoms with Crippen LogP contribution in [0.5, 0.6) is 0 Å². The number of halogens is 3. The van der Waals surface area contributed by atoms with E-state index in [0.29, 0.717) is 24.1 Å². The van der Waals surface area contributed by atoms with Gasteiger partial charge in [0.25, 0.3) is 5.91 Å². The lowest BCUT2D eigenvalue weighted by Crippen LogP contribution is -2.49. The number of nitrogens with zero attached hydrogens (tertiary/aromatic N) is 2. The maximum absolute atomic E-state index is 12.8. The SMILES string of the molecule is CON=C1CCN2c3c(cccc31)C(=O)NC2c1ccc(C(F)(F)F)cc1. The molecule has 0 bridgehead atoms. The van der Waals surface area contributed by atoms with Crippen LogP contribution >= 0.6 is 0 Å². The lowest BCUT2D eigenvalue weighted by molar-refractivity contribution is -0.137. The van der Waals surface area contributed by atoms with Crippen molar-refractivity contribution in [1.29, 1.82) is 0 Å². The number of amides is 1. The molecule has 0 saturated carbocycles. The van der Waals surface area contributed by atoms with E-state index in [1.807, 2.05) is 11.0 Å². The second-order valence-corrected chi connectivity index (χ2v) is 6.36. The van der Waals surface area contributed by atoms with Gasteiger partial charge in [0, 0.05) is 18.5 Å². The van der Waals surface area contributed by atoms with Crippen molar-refractivity contribution in [2.24, 2.45) is 5.16 Å². The Kier molecular flexibility index (Phi) is 4.05. The highest BCUT2D eigenvalue weighted by Gasteiger charge is 2.37. The molecule has 140 valence electrons. The van der Waals surface area contributed by atoms with Crippen molar-refractivity contribution >= 4 is 17.3 Å². The van der Waals surface area contributed by atoms with Gasteiger partial charge in [-0.1, -0.05) is 29.4 Å². The van der Waals surface area contributed by atoms with Gasteiger partial charge in [-0.05, 0) is 23.8 Å². The van der Waals surface area contributed by atoms with E-state index in [0.717, 1.165) is 29.1 Å². The van der Waals surface area contributed by atoms with E-state index >= 15 is 0 Å². The van der Waals surface area contributed by atoms with Gasteiger partial charge in [0.1, 0.15) is 13.3 Å². The van der Waals surface area contributed by atoms with E-state index in [-0.39, 0.29) is 5.91 Å². The molecule has 0 saturated heterocycles. The number of para-hydroxylation sites is 1. The average Bonchev–Trinajstić information content (AvgIpc) is 2.65. The van der Waals surface area contributed by atoms with Gasteiger partial charge >= 0.3 is 6.18 Å². The molecule has 0 aromatic heterocycles. The second-order valence-electron chi connectivity index (χ2n) is 6.36. The summed E-state index contributed by atoms with van der Waals surface area (Å²) in [5, 5.41) is 6.94. The van der Waals surface area contributed by atoms with Crippen molar-refractivity contribution in [3.63, 3.8) is 0 Å². The molecule has 0 fully saturated rings. The number of rotatable bonds is 2.